The first-order valence-electron chi connectivity index (χ1n) is 7.93. The van der Waals surface area contributed by atoms with E-state index >= 15 is 0 Å². The second-order valence-corrected chi connectivity index (χ2v) is 5.93. The van der Waals surface area contributed by atoms with Crippen LogP contribution in [0, 0.1) is 13.8 Å². The summed E-state index contributed by atoms with van der Waals surface area (Å²) in [6.07, 6.45) is 3.67. The fourth-order valence-electron chi connectivity index (χ4n) is 2.48. The van der Waals surface area contributed by atoms with Crippen molar-refractivity contribution in [3.8, 4) is 0 Å². The van der Waals surface area contributed by atoms with Gasteiger partial charge in [-0.1, -0.05) is 24.3 Å². The molecule has 3 aromatic rings. The molecule has 2 heterocycles. The van der Waals surface area contributed by atoms with Gasteiger partial charge in [-0.25, -0.2) is 0 Å². The lowest BCUT2D eigenvalue weighted by Crippen LogP contribution is -2.24. The van der Waals surface area contributed by atoms with Gasteiger partial charge in [-0.2, -0.15) is 10.2 Å². The normalized spacial score (nSPS) is 12.1. The van der Waals surface area contributed by atoms with Crippen LogP contribution in [0.2, 0.25) is 0 Å². The summed E-state index contributed by atoms with van der Waals surface area (Å²) < 4.78 is 3.47. The minimum absolute atomic E-state index is 0.140. The molecule has 6 heteroatoms. The van der Waals surface area contributed by atoms with Crippen molar-refractivity contribution in [1.29, 1.82) is 0 Å². The molecule has 1 unspecified atom stereocenters. The minimum Gasteiger partial charge on any atom is -0.307 e. The van der Waals surface area contributed by atoms with Gasteiger partial charge in [0, 0.05) is 18.5 Å². The van der Waals surface area contributed by atoms with Gasteiger partial charge in [-0.3, -0.25) is 14.2 Å². The molecule has 0 saturated heterocycles. The van der Waals surface area contributed by atoms with Gasteiger partial charge >= 0.3 is 0 Å². The summed E-state index contributed by atoms with van der Waals surface area (Å²) in [5, 5.41) is 11.5. The van der Waals surface area contributed by atoms with Crippen LogP contribution in [0.3, 0.4) is 0 Å². The zero-order chi connectivity index (χ0) is 17.1. The number of benzene rings is 1. The molecule has 2 aromatic heterocycles. The van der Waals surface area contributed by atoms with Crippen LogP contribution in [0.15, 0.2) is 48.8 Å². The number of nitrogens with one attached hydrogen (secondary N) is 1. The Bertz CT molecular complexity index is 848. The molecule has 0 fully saturated rings. The van der Waals surface area contributed by atoms with E-state index in [1.165, 1.54) is 11.1 Å². The molecular formula is C18H21N5O. The topological polar surface area (TPSA) is 64.7 Å². The van der Waals surface area contributed by atoms with E-state index in [0.29, 0.717) is 12.4 Å². The summed E-state index contributed by atoms with van der Waals surface area (Å²) in [5.74, 6) is 0.406. The van der Waals surface area contributed by atoms with Gasteiger partial charge in [0.25, 0.3) is 0 Å². The van der Waals surface area contributed by atoms with Crippen molar-refractivity contribution in [3.63, 3.8) is 0 Å². The molecule has 3 rings (SSSR count). The number of amides is 1. The summed E-state index contributed by atoms with van der Waals surface area (Å²) in [5.41, 5.74) is 3.32. The third-order valence-electron chi connectivity index (χ3n) is 4.00. The SMILES string of the molecule is Cc1ccn(C(C)C(=O)Nc2ccn(Cc3ccccc3C)n2)n1. The molecule has 0 aliphatic rings. The molecule has 0 radical (unpaired) electrons. The van der Waals surface area contributed by atoms with E-state index in [9.17, 15) is 4.79 Å². The van der Waals surface area contributed by atoms with Crippen LogP contribution in [-0.2, 0) is 11.3 Å². The average Bonchev–Trinajstić information content (AvgIpc) is 3.18. The lowest BCUT2D eigenvalue weighted by Gasteiger charge is -2.11. The molecule has 0 aliphatic carbocycles. The van der Waals surface area contributed by atoms with Gasteiger partial charge in [0.2, 0.25) is 5.91 Å². The Balaban J connectivity index is 1.65. The van der Waals surface area contributed by atoms with Gasteiger partial charge < -0.3 is 5.32 Å². The minimum atomic E-state index is -0.389. The van der Waals surface area contributed by atoms with E-state index in [4.69, 9.17) is 0 Å². The summed E-state index contributed by atoms with van der Waals surface area (Å²) in [4.78, 5) is 12.3. The van der Waals surface area contributed by atoms with Gasteiger partial charge in [-0.15, -0.1) is 0 Å². The molecule has 0 aliphatic heterocycles. The van der Waals surface area contributed by atoms with Crippen LogP contribution in [-0.4, -0.2) is 25.5 Å². The molecule has 6 nitrogen and oxygen atoms in total. The van der Waals surface area contributed by atoms with Gasteiger partial charge in [0.1, 0.15) is 6.04 Å². The number of carbonyl (C=O) groups is 1. The number of hydrogen-bond donors (Lipinski definition) is 1. The summed E-state index contributed by atoms with van der Waals surface area (Å²) in [7, 11) is 0. The standard InChI is InChI=1S/C18H21N5O/c1-13-6-4-5-7-16(13)12-22-10-9-17(21-22)19-18(24)15(3)23-11-8-14(2)20-23/h4-11,15H,12H2,1-3H3,(H,19,21,24). The number of rotatable bonds is 5. The zero-order valence-electron chi connectivity index (χ0n) is 14.1. The number of nitrogens with zero attached hydrogens (tertiary/aromatic N) is 4. The second-order valence-electron chi connectivity index (χ2n) is 5.93. The summed E-state index contributed by atoms with van der Waals surface area (Å²) in [6.45, 7) is 6.46. The Morgan fingerprint density at radius 2 is 1.92 bits per heavy atom. The van der Waals surface area contributed by atoms with Crippen LogP contribution in [0.25, 0.3) is 0 Å². The number of hydrogen-bond acceptors (Lipinski definition) is 3. The predicted molar refractivity (Wildman–Crippen MR) is 92.8 cm³/mol. The number of anilines is 1. The Morgan fingerprint density at radius 1 is 1.12 bits per heavy atom. The second kappa shape index (κ2) is 6.70. The van der Waals surface area contributed by atoms with Crippen molar-refractivity contribution in [3.05, 3.63) is 65.6 Å². The van der Waals surface area contributed by atoms with Crippen molar-refractivity contribution in [2.75, 3.05) is 5.32 Å². The number of aryl methyl sites for hydroxylation is 2. The van der Waals surface area contributed by atoms with Crippen LogP contribution < -0.4 is 5.32 Å². The zero-order valence-corrected chi connectivity index (χ0v) is 14.1. The smallest absolute Gasteiger partial charge is 0.250 e. The Morgan fingerprint density at radius 3 is 2.62 bits per heavy atom. The van der Waals surface area contributed by atoms with E-state index in [2.05, 4.69) is 34.6 Å². The molecular weight excluding hydrogens is 302 g/mol. The van der Waals surface area contributed by atoms with E-state index in [1.54, 1.807) is 16.9 Å². The van der Waals surface area contributed by atoms with E-state index in [0.717, 1.165) is 5.69 Å². The van der Waals surface area contributed by atoms with Gasteiger partial charge in [0.05, 0.1) is 12.2 Å². The van der Waals surface area contributed by atoms with Crippen LogP contribution >= 0.6 is 0 Å². The third kappa shape index (κ3) is 3.53. The van der Waals surface area contributed by atoms with E-state index in [1.807, 2.05) is 42.9 Å². The van der Waals surface area contributed by atoms with Gasteiger partial charge in [0.15, 0.2) is 5.82 Å². The highest BCUT2D eigenvalue weighted by atomic mass is 16.2. The monoisotopic (exact) mass is 323 g/mol. The average molecular weight is 323 g/mol. The highest BCUT2D eigenvalue weighted by molar-refractivity contribution is 5.92. The maximum absolute atomic E-state index is 12.3. The summed E-state index contributed by atoms with van der Waals surface area (Å²) >= 11 is 0. The molecule has 0 bridgehead atoms. The Labute approximate surface area is 141 Å². The first kappa shape index (κ1) is 16.0. The fourth-order valence-corrected chi connectivity index (χ4v) is 2.48. The van der Waals surface area contributed by atoms with Crippen LogP contribution in [0.5, 0.6) is 0 Å². The predicted octanol–water partition coefficient (Wildman–Crippen LogP) is 2.94. The van der Waals surface area contributed by atoms with Gasteiger partial charge in [-0.05, 0) is 38.0 Å². The first-order chi connectivity index (χ1) is 11.5. The van der Waals surface area contributed by atoms with Crippen molar-refractivity contribution >= 4 is 11.7 Å². The maximum Gasteiger partial charge on any atom is 0.250 e. The Hall–Kier alpha value is -2.89. The largest absolute Gasteiger partial charge is 0.307 e. The lowest BCUT2D eigenvalue weighted by molar-refractivity contribution is -0.119. The van der Waals surface area contributed by atoms with Crippen molar-refractivity contribution in [2.24, 2.45) is 0 Å². The molecule has 1 amide bonds. The highest BCUT2D eigenvalue weighted by Crippen LogP contribution is 2.12. The maximum atomic E-state index is 12.3. The summed E-state index contributed by atoms with van der Waals surface area (Å²) in [6, 6.07) is 11.5. The van der Waals surface area contributed by atoms with Crippen molar-refractivity contribution in [2.45, 2.75) is 33.4 Å². The molecule has 1 N–H and O–H groups in total. The fraction of sp³-hybridized carbons (Fsp3) is 0.278. The van der Waals surface area contributed by atoms with Crippen molar-refractivity contribution in [1.82, 2.24) is 19.6 Å². The molecule has 1 atom stereocenters. The Kier molecular flexibility index (Phi) is 4.46. The molecule has 24 heavy (non-hydrogen) atoms. The molecule has 0 spiro atoms. The first-order valence-corrected chi connectivity index (χ1v) is 7.93. The van der Waals surface area contributed by atoms with Crippen LogP contribution in [0.1, 0.15) is 29.8 Å². The van der Waals surface area contributed by atoms with E-state index < -0.39 is 0 Å². The van der Waals surface area contributed by atoms with Crippen LogP contribution in [0.4, 0.5) is 5.82 Å². The third-order valence-corrected chi connectivity index (χ3v) is 4.00. The van der Waals surface area contributed by atoms with Crippen molar-refractivity contribution < 1.29 is 4.79 Å². The lowest BCUT2D eigenvalue weighted by atomic mass is 10.1. The number of carbonyl (C=O) groups excluding carboxylic acids is 1. The molecule has 1 aromatic carbocycles. The number of aromatic nitrogens is 4. The molecule has 124 valence electrons. The quantitative estimate of drug-likeness (QED) is 0.785. The highest BCUT2D eigenvalue weighted by Gasteiger charge is 2.16. The molecule has 0 saturated carbocycles. The van der Waals surface area contributed by atoms with E-state index in [-0.39, 0.29) is 11.9 Å².